The SMILES string of the molecule is CCC(=O)Nc1cnc(Cl)cc1Cl. The molecule has 1 aromatic rings. The summed E-state index contributed by atoms with van der Waals surface area (Å²) >= 11 is 11.4. The van der Waals surface area contributed by atoms with E-state index >= 15 is 0 Å². The van der Waals surface area contributed by atoms with E-state index in [2.05, 4.69) is 10.3 Å². The van der Waals surface area contributed by atoms with Crippen molar-refractivity contribution in [3.63, 3.8) is 0 Å². The summed E-state index contributed by atoms with van der Waals surface area (Å²) in [5, 5.41) is 3.29. The van der Waals surface area contributed by atoms with E-state index in [0.29, 0.717) is 22.3 Å². The second-order valence-electron chi connectivity index (χ2n) is 2.39. The lowest BCUT2D eigenvalue weighted by molar-refractivity contribution is -0.115. The van der Waals surface area contributed by atoms with Crippen molar-refractivity contribution in [2.24, 2.45) is 0 Å². The fraction of sp³-hybridized carbons (Fsp3) is 0.250. The summed E-state index contributed by atoms with van der Waals surface area (Å²) in [5.41, 5.74) is 0.484. The number of carbonyl (C=O) groups is 1. The topological polar surface area (TPSA) is 42.0 Å². The van der Waals surface area contributed by atoms with Crippen molar-refractivity contribution in [3.05, 3.63) is 22.4 Å². The molecular weight excluding hydrogens is 211 g/mol. The Morgan fingerprint density at radius 3 is 2.85 bits per heavy atom. The number of halogens is 2. The molecule has 1 N–H and O–H groups in total. The quantitative estimate of drug-likeness (QED) is 0.777. The van der Waals surface area contributed by atoms with Crippen molar-refractivity contribution in [2.45, 2.75) is 13.3 Å². The van der Waals surface area contributed by atoms with Crippen molar-refractivity contribution in [1.82, 2.24) is 4.98 Å². The predicted octanol–water partition coefficient (Wildman–Crippen LogP) is 2.74. The van der Waals surface area contributed by atoms with Crippen molar-refractivity contribution in [3.8, 4) is 0 Å². The first-order valence-electron chi connectivity index (χ1n) is 3.74. The number of nitrogens with one attached hydrogen (secondary N) is 1. The van der Waals surface area contributed by atoms with Gasteiger partial charge in [0, 0.05) is 6.42 Å². The monoisotopic (exact) mass is 218 g/mol. The normalized spacial score (nSPS) is 9.77. The lowest BCUT2D eigenvalue weighted by atomic mass is 10.4. The van der Waals surface area contributed by atoms with Gasteiger partial charge in [-0.3, -0.25) is 4.79 Å². The number of rotatable bonds is 2. The number of hydrogen-bond donors (Lipinski definition) is 1. The zero-order valence-corrected chi connectivity index (χ0v) is 8.49. The Bertz CT molecular complexity index is 328. The van der Waals surface area contributed by atoms with Gasteiger partial charge in [0.05, 0.1) is 16.9 Å². The molecular formula is C8H8Cl2N2O. The van der Waals surface area contributed by atoms with Crippen LogP contribution in [0.15, 0.2) is 12.3 Å². The third-order valence-electron chi connectivity index (χ3n) is 1.42. The number of pyridine rings is 1. The van der Waals surface area contributed by atoms with Crippen molar-refractivity contribution < 1.29 is 4.79 Å². The molecule has 1 amide bonds. The van der Waals surface area contributed by atoms with Crippen LogP contribution in [0.2, 0.25) is 10.2 Å². The van der Waals surface area contributed by atoms with Gasteiger partial charge in [-0.05, 0) is 6.07 Å². The molecule has 0 radical (unpaired) electrons. The molecule has 0 bridgehead atoms. The number of aromatic nitrogens is 1. The van der Waals surface area contributed by atoms with Crippen LogP contribution in [0.25, 0.3) is 0 Å². The zero-order valence-electron chi connectivity index (χ0n) is 6.97. The standard InChI is InChI=1S/C8H8Cl2N2O/c1-2-8(13)12-6-4-11-7(10)3-5(6)9/h3-4H,2H2,1H3,(H,12,13). The van der Waals surface area contributed by atoms with Gasteiger partial charge in [0.15, 0.2) is 0 Å². The van der Waals surface area contributed by atoms with E-state index in [9.17, 15) is 4.79 Å². The molecule has 0 aromatic carbocycles. The minimum absolute atomic E-state index is 0.106. The largest absolute Gasteiger partial charge is 0.324 e. The molecule has 0 fully saturated rings. The number of amides is 1. The molecule has 1 rings (SSSR count). The highest BCUT2D eigenvalue weighted by molar-refractivity contribution is 6.36. The van der Waals surface area contributed by atoms with Crippen LogP contribution in [0.3, 0.4) is 0 Å². The summed E-state index contributed by atoms with van der Waals surface area (Å²) < 4.78 is 0. The van der Waals surface area contributed by atoms with Crippen LogP contribution < -0.4 is 5.32 Å². The predicted molar refractivity (Wildman–Crippen MR) is 53.2 cm³/mol. The van der Waals surface area contributed by atoms with Crippen LogP contribution >= 0.6 is 23.2 Å². The third kappa shape index (κ3) is 2.86. The van der Waals surface area contributed by atoms with Crippen LogP contribution in [0.1, 0.15) is 13.3 Å². The Labute approximate surface area is 86.1 Å². The van der Waals surface area contributed by atoms with Gasteiger partial charge in [-0.1, -0.05) is 30.1 Å². The number of anilines is 1. The molecule has 70 valence electrons. The maximum Gasteiger partial charge on any atom is 0.224 e. The highest BCUT2D eigenvalue weighted by Gasteiger charge is 2.04. The Morgan fingerprint density at radius 1 is 1.62 bits per heavy atom. The highest BCUT2D eigenvalue weighted by Crippen LogP contribution is 2.23. The molecule has 5 heteroatoms. The summed E-state index contributed by atoms with van der Waals surface area (Å²) in [6.07, 6.45) is 1.83. The van der Waals surface area contributed by atoms with Crippen molar-refractivity contribution in [1.29, 1.82) is 0 Å². The molecule has 0 atom stereocenters. The summed E-state index contributed by atoms with van der Waals surface area (Å²) in [5.74, 6) is -0.106. The van der Waals surface area contributed by atoms with E-state index in [1.165, 1.54) is 12.3 Å². The smallest absolute Gasteiger partial charge is 0.224 e. The average molecular weight is 219 g/mol. The van der Waals surface area contributed by atoms with Crippen LogP contribution in [-0.2, 0) is 4.79 Å². The molecule has 1 aromatic heterocycles. The molecule has 1 heterocycles. The van der Waals surface area contributed by atoms with E-state index in [0.717, 1.165) is 0 Å². The summed E-state index contributed by atoms with van der Waals surface area (Å²) in [6, 6.07) is 1.48. The van der Waals surface area contributed by atoms with E-state index in [-0.39, 0.29) is 5.91 Å². The van der Waals surface area contributed by atoms with E-state index in [1.54, 1.807) is 6.92 Å². The van der Waals surface area contributed by atoms with Crippen LogP contribution in [0.5, 0.6) is 0 Å². The van der Waals surface area contributed by atoms with Crippen LogP contribution in [0, 0.1) is 0 Å². The Balaban J connectivity index is 2.83. The molecule has 0 aliphatic carbocycles. The first-order valence-corrected chi connectivity index (χ1v) is 4.50. The van der Waals surface area contributed by atoms with Gasteiger partial charge in [0.25, 0.3) is 0 Å². The van der Waals surface area contributed by atoms with Gasteiger partial charge in [0.1, 0.15) is 5.15 Å². The van der Waals surface area contributed by atoms with Crippen molar-refractivity contribution >= 4 is 34.8 Å². The molecule has 0 saturated heterocycles. The molecule has 0 aliphatic rings. The summed E-state index contributed by atoms with van der Waals surface area (Å²) in [4.78, 5) is 14.8. The zero-order chi connectivity index (χ0) is 9.84. The van der Waals surface area contributed by atoms with Gasteiger partial charge >= 0.3 is 0 Å². The highest BCUT2D eigenvalue weighted by atomic mass is 35.5. The van der Waals surface area contributed by atoms with E-state index in [1.807, 2.05) is 0 Å². The maximum absolute atomic E-state index is 11.0. The maximum atomic E-state index is 11.0. The van der Waals surface area contributed by atoms with Gasteiger partial charge < -0.3 is 5.32 Å². The van der Waals surface area contributed by atoms with Crippen LogP contribution in [0.4, 0.5) is 5.69 Å². The Morgan fingerprint density at radius 2 is 2.31 bits per heavy atom. The fourth-order valence-corrected chi connectivity index (χ4v) is 1.15. The number of carbonyl (C=O) groups excluding carboxylic acids is 1. The first-order chi connectivity index (χ1) is 6.13. The van der Waals surface area contributed by atoms with Crippen molar-refractivity contribution in [2.75, 3.05) is 5.32 Å². The number of nitrogens with zero attached hydrogens (tertiary/aromatic N) is 1. The first kappa shape index (κ1) is 10.3. The summed E-state index contributed by atoms with van der Waals surface area (Å²) in [6.45, 7) is 1.76. The van der Waals surface area contributed by atoms with Gasteiger partial charge in [-0.2, -0.15) is 0 Å². The minimum Gasteiger partial charge on any atom is -0.324 e. The van der Waals surface area contributed by atoms with E-state index in [4.69, 9.17) is 23.2 Å². The molecule has 0 aliphatic heterocycles. The molecule has 3 nitrogen and oxygen atoms in total. The lowest BCUT2D eigenvalue weighted by Crippen LogP contribution is -2.09. The van der Waals surface area contributed by atoms with Gasteiger partial charge in [-0.25, -0.2) is 4.98 Å². The second kappa shape index (κ2) is 4.44. The second-order valence-corrected chi connectivity index (χ2v) is 3.18. The lowest BCUT2D eigenvalue weighted by Gasteiger charge is -2.04. The fourth-order valence-electron chi connectivity index (χ4n) is 0.738. The average Bonchev–Trinajstić information content (AvgIpc) is 2.09. The van der Waals surface area contributed by atoms with Gasteiger partial charge in [-0.15, -0.1) is 0 Å². The number of hydrogen-bond acceptors (Lipinski definition) is 2. The Hall–Kier alpha value is -0.800. The molecule has 0 unspecified atom stereocenters. The molecule has 0 spiro atoms. The minimum atomic E-state index is -0.106. The van der Waals surface area contributed by atoms with Crippen LogP contribution in [-0.4, -0.2) is 10.9 Å². The van der Waals surface area contributed by atoms with Gasteiger partial charge in [0.2, 0.25) is 5.91 Å². The Kier molecular flexibility index (Phi) is 3.51. The summed E-state index contributed by atoms with van der Waals surface area (Å²) in [7, 11) is 0. The van der Waals surface area contributed by atoms with E-state index < -0.39 is 0 Å². The molecule has 0 saturated carbocycles. The third-order valence-corrected chi connectivity index (χ3v) is 1.93. The molecule has 13 heavy (non-hydrogen) atoms.